The van der Waals surface area contributed by atoms with Gasteiger partial charge < -0.3 is 0 Å². The molecule has 0 aliphatic rings. The number of aromatic amines is 1. The fourth-order valence-electron chi connectivity index (χ4n) is 2.41. The highest BCUT2D eigenvalue weighted by molar-refractivity contribution is 7.16. The predicted octanol–water partition coefficient (Wildman–Crippen LogP) is 4.35. The van der Waals surface area contributed by atoms with Gasteiger partial charge >= 0.3 is 6.18 Å². The highest BCUT2D eigenvalue weighted by atomic mass is 32.1. The van der Waals surface area contributed by atoms with Crippen molar-refractivity contribution in [3.05, 3.63) is 35.1 Å². The molecule has 0 spiro atoms. The van der Waals surface area contributed by atoms with Gasteiger partial charge in [0, 0.05) is 11.1 Å². The van der Waals surface area contributed by atoms with Crippen LogP contribution in [0.1, 0.15) is 18.3 Å². The fourth-order valence-corrected chi connectivity index (χ4v) is 3.11. The Kier molecular flexibility index (Phi) is 3.44. The van der Waals surface area contributed by atoms with E-state index in [1.807, 2.05) is 19.1 Å². The van der Waals surface area contributed by atoms with Crippen LogP contribution in [0, 0.1) is 0 Å². The Morgan fingerprint density at radius 3 is 2.81 bits per heavy atom. The standard InChI is InChI=1S/C14H12F3N3S/c1-2-9-12(10(20-19-9)6-14(15,16)17)8-4-3-5-11-13(8)18-7-21-11/h3-5,7H,2,6H2,1H3,(H,19,20). The summed E-state index contributed by atoms with van der Waals surface area (Å²) < 4.78 is 39.2. The first-order valence-electron chi connectivity index (χ1n) is 6.45. The Labute approximate surface area is 122 Å². The van der Waals surface area contributed by atoms with Gasteiger partial charge in [0.1, 0.15) is 0 Å². The average Bonchev–Trinajstić information content (AvgIpc) is 3.02. The van der Waals surface area contributed by atoms with Crippen LogP contribution in [0.25, 0.3) is 21.3 Å². The van der Waals surface area contributed by atoms with E-state index in [1.165, 1.54) is 11.3 Å². The molecular weight excluding hydrogens is 299 g/mol. The molecule has 3 rings (SSSR count). The minimum absolute atomic E-state index is 0.0971. The molecule has 0 aliphatic carbocycles. The maximum atomic E-state index is 12.7. The first-order valence-corrected chi connectivity index (χ1v) is 7.33. The largest absolute Gasteiger partial charge is 0.394 e. The summed E-state index contributed by atoms with van der Waals surface area (Å²) in [6.45, 7) is 1.87. The zero-order valence-electron chi connectivity index (χ0n) is 11.2. The molecule has 110 valence electrons. The summed E-state index contributed by atoms with van der Waals surface area (Å²) in [5.74, 6) is 0. The van der Waals surface area contributed by atoms with Gasteiger partial charge in [-0.1, -0.05) is 19.1 Å². The summed E-state index contributed by atoms with van der Waals surface area (Å²) in [5.41, 5.74) is 4.39. The summed E-state index contributed by atoms with van der Waals surface area (Å²) in [7, 11) is 0. The lowest BCUT2D eigenvalue weighted by atomic mass is 9.99. The van der Waals surface area contributed by atoms with Crippen LogP contribution in [0.3, 0.4) is 0 Å². The molecule has 0 radical (unpaired) electrons. The van der Waals surface area contributed by atoms with Crippen LogP contribution in [-0.2, 0) is 12.8 Å². The SMILES string of the molecule is CCc1n[nH]c(CC(F)(F)F)c1-c1cccc2scnc12. The smallest absolute Gasteiger partial charge is 0.281 e. The number of aryl methyl sites for hydroxylation is 1. The van der Waals surface area contributed by atoms with E-state index < -0.39 is 12.6 Å². The van der Waals surface area contributed by atoms with Crippen molar-refractivity contribution in [2.24, 2.45) is 0 Å². The van der Waals surface area contributed by atoms with Crippen molar-refractivity contribution in [3.8, 4) is 11.1 Å². The van der Waals surface area contributed by atoms with Gasteiger partial charge in [-0.15, -0.1) is 11.3 Å². The third-order valence-electron chi connectivity index (χ3n) is 3.26. The highest BCUT2D eigenvalue weighted by Crippen LogP contribution is 2.35. The summed E-state index contributed by atoms with van der Waals surface area (Å²) in [6.07, 6.45) is -4.73. The molecule has 3 nitrogen and oxygen atoms in total. The Balaban J connectivity index is 2.21. The van der Waals surface area contributed by atoms with Gasteiger partial charge in [-0.2, -0.15) is 18.3 Å². The molecule has 7 heteroatoms. The second-order valence-corrected chi connectivity index (χ2v) is 5.56. The number of benzene rings is 1. The quantitative estimate of drug-likeness (QED) is 0.781. The Morgan fingerprint density at radius 2 is 2.10 bits per heavy atom. The molecule has 0 aliphatic heterocycles. The van der Waals surface area contributed by atoms with Crippen molar-refractivity contribution >= 4 is 21.6 Å². The van der Waals surface area contributed by atoms with Crippen molar-refractivity contribution in [1.82, 2.24) is 15.2 Å². The van der Waals surface area contributed by atoms with Crippen molar-refractivity contribution in [2.75, 3.05) is 0 Å². The Hall–Kier alpha value is -1.89. The molecule has 0 bridgehead atoms. The lowest BCUT2D eigenvalue weighted by Gasteiger charge is -2.09. The van der Waals surface area contributed by atoms with E-state index in [2.05, 4.69) is 15.2 Å². The van der Waals surface area contributed by atoms with Gasteiger partial charge in [-0.25, -0.2) is 4.98 Å². The molecule has 2 heterocycles. The van der Waals surface area contributed by atoms with Crippen molar-refractivity contribution < 1.29 is 13.2 Å². The maximum Gasteiger partial charge on any atom is 0.394 e. The third kappa shape index (κ3) is 2.65. The number of H-pyrrole nitrogens is 1. The fraction of sp³-hybridized carbons (Fsp3) is 0.286. The summed E-state index contributed by atoms with van der Waals surface area (Å²) in [5, 5.41) is 6.58. The molecular formula is C14H12F3N3S. The van der Waals surface area contributed by atoms with Crippen molar-refractivity contribution in [3.63, 3.8) is 0 Å². The van der Waals surface area contributed by atoms with Gasteiger partial charge in [-0.3, -0.25) is 5.10 Å². The second-order valence-electron chi connectivity index (χ2n) is 4.67. The van der Waals surface area contributed by atoms with E-state index in [0.717, 1.165) is 10.2 Å². The maximum absolute atomic E-state index is 12.7. The molecule has 0 fully saturated rings. The summed E-state index contributed by atoms with van der Waals surface area (Å²) in [6, 6.07) is 5.54. The number of para-hydroxylation sites is 1. The molecule has 0 unspecified atom stereocenters. The monoisotopic (exact) mass is 311 g/mol. The van der Waals surface area contributed by atoms with Crippen molar-refractivity contribution in [1.29, 1.82) is 0 Å². The summed E-state index contributed by atoms with van der Waals surface area (Å²) in [4.78, 5) is 4.28. The topological polar surface area (TPSA) is 41.6 Å². The predicted molar refractivity (Wildman–Crippen MR) is 76.3 cm³/mol. The van der Waals surface area contributed by atoms with Crippen LogP contribution >= 0.6 is 11.3 Å². The van der Waals surface area contributed by atoms with E-state index >= 15 is 0 Å². The van der Waals surface area contributed by atoms with Crippen LogP contribution in [0.15, 0.2) is 23.7 Å². The number of nitrogens with one attached hydrogen (secondary N) is 1. The summed E-state index contributed by atoms with van der Waals surface area (Å²) >= 11 is 1.47. The van der Waals surface area contributed by atoms with Crippen molar-refractivity contribution in [2.45, 2.75) is 25.9 Å². The zero-order valence-corrected chi connectivity index (χ0v) is 12.0. The number of fused-ring (bicyclic) bond motifs is 1. The number of aromatic nitrogens is 3. The third-order valence-corrected chi connectivity index (χ3v) is 4.05. The van der Waals surface area contributed by atoms with Gasteiger partial charge in [0.2, 0.25) is 0 Å². The Morgan fingerprint density at radius 1 is 1.29 bits per heavy atom. The average molecular weight is 311 g/mol. The first-order chi connectivity index (χ1) is 9.99. The number of hydrogen-bond acceptors (Lipinski definition) is 3. The molecule has 0 amide bonds. The number of hydrogen-bond donors (Lipinski definition) is 1. The van der Waals surface area contributed by atoms with Crippen LogP contribution in [0.4, 0.5) is 13.2 Å². The molecule has 0 saturated carbocycles. The van der Waals surface area contributed by atoms with Crippen LogP contribution in [0.5, 0.6) is 0 Å². The Bertz CT molecular complexity index is 773. The number of alkyl halides is 3. The van der Waals surface area contributed by atoms with E-state index in [0.29, 0.717) is 23.2 Å². The van der Waals surface area contributed by atoms with Gasteiger partial charge in [0.25, 0.3) is 0 Å². The van der Waals surface area contributed by atoms with Crippen LogP contribution in [0.2, 0.25) is 0 Å². The molecule has 0 saturated heterocycles. The highest BCUT2D eigenvalue weighted by Gasteiger charge is 2.31. The number of nitrogens with zero attached hydrogens (tertiary/aromatic N) is 2. The molecule has 21 heavy (non-hydrogen) atoms. The molecule has 1 aromatic carbocycles. The minimum atomic E-state index is -4.28. The second kappa shape index (κ2) is 5.14. The minimum Gasteiger partial charge on any atom is -0.281 e. The lowest BCUT2D eigenvalue weighted by Crippen LogP contribution is -2.12. The first kappa shape index (κ1) is 14.1. The van der Waals surface area contributed by atoms with Gasteiger partial charge in [0.05, 0.1) is 33.5 Å². The lowest BCUT2D eigenvalue weighted by molar-refractivity contribution is -0.127. The molecule has 0 atom stereocenters. The van der Waals surface area contributed by atoms with E-state index in [4.69, 9.17) is 0 Å². The number of rotatable bonds is 3. The molecule has 2 aromatic heterocycles. The van der Waals surface area contributed by atoms with Crippen LogP contribution < -0.4 is 0 Å². The number of halogens is 3. The van der Waals surface area contributed by atoms with E-state index in [-0.39, 0.29) is 5.69 Å². The van der Waals surface area contributed by atoms with Gasteiger partial charge in [-0.05, 0) is 12.5 Å². The number of thiazole rings is 1. The van der Waals surface area contributed by atoms with Crippen LogP contribution in [-0.4, -0.2) is 21.4 Å². The normalized spacial score (nSPS) is 12.2. The zero-order chi connectivity index (χ0) is 15.0. The van der Waals surface area contributed by atoms with Gasteiger partial charge in [0.15, 0.2) is 0 Å². The molecule has 1 N–H and O–H groups in total. The van der Waals surface area contributed by atoms with E-state index in [9.17, 15) is 13.2 Å². The molecule has 3 aromatic rings. The van der Waals surface area contributed by atoms with E-state index in [1.54, 1.807) is 11.6 Å².